The molecule has 0 amide bonds. The minimum Gasteiger partial charge on any atom is -0.461 e. The highest BCUT2D eigenvalue weighted by atomic mass is 32.1. The number of carbonyl (C=O) groups excluding carboxylic acids is 2. The molecule has 21 heavy (non-hydrogen) atoms. The molecule has 0 saturated carbocycles. The van der Waals surface area contributed by atoms with Crippen molar-refractivity contribution in [2.75, 3.05) is 18.6 Å². The third-order valence-electron chi connectivity index (χ3n) is 2.58. The fraction of sp³-hybridized carbons (Fsp3) is 0.417. The first-order chi connectivity index (χ1) is 10.0. The number of nitrogens with zero attached hydrogens (tertiary/aromatic N) is 4. The minimum atomic E-state index is -0.585. The van der Waals surface area contributed by atoms with Crippen molar-refractivity contribution in [3.05, 3.63) is 22.7 Å². The van der Waals surface area contributed by atoms with Crippen molar-refractivity contribution >= 4 is 28.2 Å². The fourth-order valence-electron chi connectivity index (χ4n) is 1.65. The summed E-state index contributed by atoms with van der Waals surface area (Å²) in [5.74, 6) is -0.136. The van der Waals surface area contributed by atoms with Gasteiger partial charge in [-0.15, -0.1) is 0 Å². The predicted octanol–water partition coefficient (Wildman–Crippen LogP) is 1.28. The largest absolute Gasteiger partial charge is 0.461 e. The second-order valence-corrected chi connectivity index (χ2v) is 5.22. The Morgan fingerprint density at radius 1 is 1.48 bits per heavy atom. The highest BCUT2D eigenvalue weighted by Crippen LogP contribution is 2.27. The van der Waals surface area contributed by atoms with Gasteiger partial charge < -0.3 is 9.64 Å². The van der Waals surface area contributed by atoms with E-state index in [1.54, 1.807) is 18.9 Å². The molecule has 2 aromatic rings. The number of anilines is 1. The van der Waals surface area contributed by atoms with Gasteiger partial charge >= 0.3 is 5.97 Å². The lowest BCUT2D eigenvalue weighted by Gasteiger charge is -2.12. The van der Waals surface area contributed by atoms with Crippen molar-refractivity contribution in [3.8, 4) is 0 Å². The van der Waals surface area contributed by atoms with Crippen LogP contribution in [0.4, 0.5) is 5.13 Å². The number of nitrogens with one attached hydrogen (secondary N) is 1. The molecule has 0 aliphatic carbocycles. The van der Waals surface area contributed by atoms with E-state index in [9.17, 15) is 9.59 Å². The van der Waals surface area contributed by atoms with Gasteiger partial charge in [-0.3, -0.25) is 9.89 Å². The van der Waals surface area contributed by atoms with E-state index < -0.39 is 5.97 Å². The van der Waals surface area contributed by atoms with Crippen LogP contribution in [0.3, 0.4) is 0 Å². The topological polar surface area (TPSA) is 101 Å². The number of esters is 1. The molecule has 0 unspecified atom stereocenters. The van der Waals surface area contributed by atoms with Crippen molar-refractivity contribution in [3.63, 3.8) is 0 Å². The van der Waals surface area contributed by atoms with Gasteiger partial charge in [-0.05, 0) is 6.92 Å². The Hall–Kier alpha value is -2.29. The van der Waals surface area contributed by atoms with E-state index in [2.05, 4.69) is 20.2 Å². The monoisotopic (exact) mass is 309 g/mol. The van der Waals surface area contributed by atoms with E-state index in [-0.39, 0.29) is 18.1 Å². The summed E-state index contributed by atoms with van der Waals surface area (Å²) in [5, 5.41) is 7.05. The van der Waals surface area contributed by atoms with Crippen molar-refractivity contribution in [2.45, 2.75) is 20.4 Å². The summed E-state index contributed by atoms with van der Waals surface area (Å²) >= 11 is 1.15. The van der Waals surface area contributed by atoms with E-state index in [4.69, 9.17) is 4.74 Å². The molecule has 1 N–H and O–H groups in total. The molecule has 0 fully saturated rings. The highest BCUT2D eigenvalue weighted by molar-refractivity contribution is 7.17. The van der Waals surface area contributed by atoms with Crippen molar-refractivity contribution in [2.24, 2.45) is 0 Å². The first-order valence-electron chi connectivity index (χ1n) is 6.27. The fourth-order valence-corrected chi connectivity index (χ4v) is 2.56. The zero-order valence-electron chi connectivity index (χ0n) is 11.9. The van der Waals surface area contributed by atoms with Gasteiger partial charge in [0.1, 0.15) is 17.0 Å². The van der Waals surface area contributed by atoms with Crippen LogP contribution in [-0.2, 0) is 11.3 Å². The summed E-state index contributed by atoms with van der Waals surface area (Å²) in [6.07, 6.45) is 1.41. The smallest absolute Gasteiger partial charge is 0.358 e. The number of thiazole rings is 1. The summed E-state index contributed by atoms with van der Waals surface area (Å²) in [5.41, 5.74) is 0.0637. The Kier molecular flexibility index (Phi) is 4.63. The summed E-state index contributed by atoms with van der Waals surface area (Å²) in [6, 6.07) is 0. The van der Waals surface area contributed by atoms with Crippen LogP contribution in [0.25, 0.3) is 0 Å². The average Bonchev–Trinajstić information content (AvgIpc) is 3.07. The second kappa shape index (κ2) is 6.44. The average molecular weight is 309 g/mol. The molecule has 8 nitrogen and oxygen atoms in total. The molecule has 2 rings (SSSR count). The molecule has 0 saturated heterocycles. The van der Waals surface area contributed by atoms with Crippen LogP contribution in [0.2, 0.25) is 0 Å². The van der Waals surface area contributed by atoms with Crippen LogP contribution in [0.1, 0.15) is 39.8 Å². The third-order valence-corrected chi connectivity index (χ3v) is 3.85. The quantitative estimate of drug-likeness (QED) is 0.633. The van der Waals surface area contributed by atoms with Gasteiger partial charge in [0.15, 0.2) is 16.6 Å². The molecule has 112 valence electrons. The first kappa shape index (κ1) is 15.1. The minimum absolute atomic E-state index is 0.0637. The van der Waals surface area contributed by atoms with Gasteiger partial charge in [-0.25, -0.2) is 14.8 Å². The lowest BCUT2D eigenvalue weighted by atomic mass is 10.3. The van der Waals surface area contributed by atoms with Gasteiger partial charge in [0.25, 0.3) is 0 Å². The molecular weight excluding hydrogens is 294 g/mol. The Labute approximate surface area is 125 Å². The molecule has 0 aromatic carbocycles. The normalized spacial score (nSPS) is 10.4. The van der Waals surface area contributed by atoms with Gasteiger partial charge in [-0.2, -0.15) is 5.10 Å². The van der Waals surface area contributed by atoms with E-state index in [0.717, 1.165) is 11.3 Å². The van der Waals surface area contributed by atoms with Crippen LogP contribution in [0.5, 0.6) is 0 Å². The molecular formula is C12H15N5O3S. The second-order valence-electron chi connectivity index (χ2n) is 4.24. The predicted molar refractivity (Wildman–Crippen MR) is 76.6 cm³/mol. The summed E-state index contributed by atoms with van der Waals surface area (Å²) in [6.45, 7) is 3.77. The molecule has 2 heterocycles. The highest BCUT2D eigenvalue weighted by Gasteiger charge is 2.23. The van der Waals surface area contributed by atoms with Crippen LogP contribution in [-0.4, -0.2) is 45.6 Å². The number of carbonyl (C=O) groups is 2. The lowest BCUT2D eigenvalue weighted by Crippen LogP contribution is -2.17. The molecule has 0 aliphatic rings. The van der Waals surface area contributed by atoms with Crippen molar-refractivity contribution < 1.29 is 14.3 Å². The number of rotatable bonds is 6. The lowest BCUT2D eigenvalue weighted by molar-refractivity contribution is 0.0517. The standard InChI is InChI=1S/C12H15N5O3S/c1-4-20-11(19)9-10(7(2)18)21-12(15-9)17(3)5-8-13-6-14-16-8/h6H,4-5H2,1-3H3,(H,13,14,16). The van der Waals surface area contributed by atoms with Crippen LogP contribution in [0, 0.1) is 0 Å². The number of ketones is 1. The van der Waals surface area contributed by atoms with Crippen LogP contribution < -0.4 is 4.90 Å². The first-order valence-corrected chi connectivity index (χ1v) is 7.08. The maximum absolute atomic E-state index is 11.8. The molecule has 0 atom stereocenters. The maximum Gasteiger partial charge on any atom is 0.358 e. The summed E-state index contributed by atoms with van der Waals surface area (Å²) < 4.78 is 4.92. The zero-order valence-corrected chi connectivity index (χ0v) is 12.7. The van der Waals surface area contributed by atoms with E-state index in [1.807, 2.05) is 0 Å². The van der Waals surface area contributed by atoms with Gasteiger partial charge in [0.05, 0.1) is 13.2 Å². The molecule has 0 radical (unpaired) electrons. The molecule has 2 aromatic heterocycles. The van der Waals surface area contributed by atoms with Gasteiger partial charge in [-0.1, -0.05) is 11.3 Å². The Bertz CT molecular complexity index is 637. The van der Waals surface area contributed by atoms with Crippen LogP contribution >= 0.6 is 11.3 Å². The Morgan fingerprint density at radius 3 is 2.81 bits per heavy atom. The van der Waals surface area contributed by atoms with E-state index in [0.29, 0.717) is 22.4 Å². The van der Waals surface area contributed by atoms with Gasteiger partial charge in [0.2, 0.25) is 0 Å². The number of H-pyrrole nitrogens is 1. The SMILES string of the molecule is CCOC(=O)c1nc(N(C)Cc2ncn[nH]2)sc1C(C)=O. The summed E-state index contributed by atoms with van der Waals surface area (Å²) in [7, 11) is 1.79. The zero-order chi connectivity index (χ0) is 15.4. The van der Waals surface area contributed by atoms with Gasteiger partial charge in [0, 0.05) is 14.0 Å². The van der Waals surface area contributed by atoms with Crippen molar-refractivity contribution in [1.82, 2.24) is 20.2 Å². The number of hydrogen-bond donors (Lipinski definition) is 1. The number of hydrogen-bond acceptors (Lipinski definition) is 8. The van der Waals surface area contributed by atoms with Crippen molar-refractivity contribution in [1.29, 1.82) is 0 Å². The summed E-state index contributed by atoms with van der Waals surface area (Å²) in [4.78, 5) is 33.8. The number of ether oxygens (including phenoxy) is 1. The van der Waals surface area contributed by atoms with Crippen LogP contribution in [0.15, 0.2) is 6.33 Å². The molecule has 0 aliphatic heterocycles. The molecule has 0 spiro atoms. The molecule has 0 bridgehead atoms. The number of aromatic amines is 1. The van der Waals surface area contributed by atoms with E-state index >= 15 is 0 Å². The number of Topliss-reactive ketones (excluding diaryl/α,β-unsaturated/α-hetero) is 1. The Balaban J connectivity index is 2.26. The third kappa shape index (κ3) is 3.43. The maximum atomic E-state index is 11.8. The Morgan fingerprint density at radius 2 is 2.24 bits per heavy atom. The molecule has 9 heteroatoms. The van der Waals surface area contributed by atoms with E-state index in [1.165, 1.54) is 13.3 Å². The number of aromatic nitrogens is 4.